The van der Waals surface area contributed by atoms with Gasteiger partial charge in [-0.3, -0.25) is 4.79 Å². The Morgan fingerprint density at radius 1 is 0.974 bits per heavy atom. The Kier molecular flexibility index (Phi) is 8.51. The van der Waals surface area contributed by atoms with E-state index in [4.69, 9.17) is 4.74 Å². The number of ether oxygens (including phenoxy) is 1. The number of anilines is 1. The minimum Gasteiger partial charge on any atom is -0.495 e. The molecule has 1 heterocycles. The Balaban J connectivity index is 1.54. The summed E-state index contributed by atoms with van der Waals surface area (Å²) in [5.41, 5.74) is 1.18. The van der Waals surface area contributed by atoms with Gasteiger partial charge in [-0.1, -0.05) is 42.5 Å². The summed E-state index contributed by atoms with van der Waals surface area (Å²) >= 11 is 0. The summed E-state index contributed by atoms with van der Waals surface area (Å²) in [7, 11) is -2.77. The Morgan fingerprint density at radius 2 is 1.67 bits per heavy atom. The van der Waals surface area contributed by atoms with Crippen molar-refractivity contribution in [2.24, 2.45) is 0 Å². The third-order valence-electron chi connectivity index (χ3n) is 6.62. The molecule has 1 saturated heterocycles. The number of carbonyl (C=O) groups is 1. The Hall–Kier alpha value is -3.57. The number of nitrogens with one attached hydrogen (secondary N) is 1. The van der Waals surface area contributed by atoms with E-state index in [1.807, 2.05) is 30.3 Å². The number of nitrogens with zero attached hydrogens (tertiary/aromatic N) is 2. The summed E-state index contributed by atoms with van der Waals surface area (Å²) < 4.78 is 74.2. The highest BCUT2D eigenvalue weighted by molar-refractivity contribution is 7.89. The number of sulfonamides is 1. The molecule has 1 atom stereocenters. The molecule has 1 aliphatic rings. The van der Waals surface area contributed by atoms with E-state index in [1.165, 1.54) is 19.2 Å². The van der Waals surface area contributed by atoms with Crippen molar-refractivity contribution >= 4 is 21.6 Å². The first kappa shape index (κ1) is 28.4. The summed E-state index contributed by atoms with van der Waals surface area (Å²) in [5, 5.41) is 0. The lowest BCUT2D eigenvalue weighted by Crippen LogP contribution is -2.55. The number of alkyl halides is 3. The number of hydrogen-bond acceptors (Lipinski definition) is 5. The standard InChI is InChI=1S/C28H30F3N3O4S/c1-20-11-12-25(38-2)26(17-20)39(36,37)32-24(18-21-7-4-3-5-8-21)27(35)34-15-13-33(14-16-34)23-10-6-9-22(19-23)28(29,30)31/h3-12,17,19,24,32H,13-16,18H2,1-2H3/t24-/m1/s1. The predicted molar refractivity (Wildman–Crippen MR) is 142 cm³/mol. The first-order valence-electron chi connectivity index (χ1n) is 12.4. The van der Waals surface area contributed by atoms with Gasteiger partial charge >= 0.3 is 6.18 Å². The lowest BCUT2D eigenvalue weighted by atomic mass is 10.1. The number of methoxy groups -OCH3 is 1. The van der Waals surface area contributed by atoms with Gasteiger partial charge < -0.3 is 14.5 Å². The zero-order valence-corrected chi connectivity index (χ0v) is 22.4. The topological polar surface area (TPSA) is 78.9 Å². The van der Waals surface area contributed by atoms with Gasteiger partial charge in [0.2, 0.25) is 15.9 Å². The molecule has 11 heteroatoms. The highest BCUT2D eigenvalue weighted by Gasteiger charge is 2.34. The fourth-order valence-electron chi connectivity index (χ4n) is 4.56. The zero-order chi connectivity index (χ0) is 28.2. The summed E-state index contributed by atoms with van der Waals surface area (Å²) in [6.07, 6.45) is -4.32. The van der Waals surface area contributed by atoms with Gasteiger partial charge in [0.25, 0.3) is 0 Å². The number of hydrogen-bond donors (Lipinski definition) is 1. The number of rotatable bonds is 8. The molecule has 39 heavy (non-hydrogen) atoms. The molecule has 1 amide bonds. The maximum atomic E-state index is 13.7. The number of halogens is 3. The van der Waals surface area contributed by atoms with E-state index in [9.17, 15) is 26.4 Å². The van der Waals surface area contributed by atoms with Crippen molar-refractivity contribution in [2.45, 2.75) is 30.5 Å². The van der Waals surface area contributed by atoms with Gasteiger partial charge in [0.05, 0.1) is 12.7 Å². The molecule has 1 aliphatic heterocycles. The average Bonchev–Trinajstić information content (AvgIpc) is 2.92. The van der Waals surface area contributed by atoms with Crippen LogP contribution in [0.15, 0.2) is 77.7 Å². The van der Waals surface area contributed by atoms with Crippen LogP contribution in [0.5, 0.6) is 5.75 Å². The molecule has 0 aromatic heterocycles. The van der Waals surface area contributed by atoms with Crippen molar-refractivity contribution in [3.8, 4) is 5.75 Å². The molecular formula is C28H30F3N3O4S. The van der Waals surface area contributed by atoms with Crippen molar-refractivity contribution in [1.29, 1.82) is 0 Å². The first-order chi connectivity index (χ1) is 18.5. The second kappa shape index (κ2) is 11.7. The van der Waals surface area contributed by atoms with E-state index in [0.29, 0.717) is 24.3 Å². The van der Waals surface area contributed by atoms with Crippen LogP contribution < -0.4 is 14.4 Å². The van der Waals surface area contributed by atoms with Crippen LogP contribution in [-0.2, 0) is 27.4 Å². The molecule has 0 radical (unpaired) electrons. The highest BCUT2D eigenvalue weighted by Crippen LogP contribution is 2.32. The number of piperazine rings is 1. The molecule has 0 unspecified atom stereocenters. The summed E-state index contributed by atoms with van der Waals surface area (Å²) in [6, 6.07) is 17.8. The van der Waals surface area contributed by atoms with Crippen molar-refractivity contribution in [1.82, 2.24) is 9.62 Å². The molecule has 4 rings (SSSR count). The van der Waals surface area contributed by atoms with E-state index >= 15 is 0 Å². The van der Waals surface area contributed by atoms with E-state index in [1.54, 1.807) is 34.9 Å². The maximum Gasteiger partial charge on any atom is 0.416 e. The van der Waals surface area contributed by atoms with Crippen LogP contribution in [0.2, 0.25) is 0 Å². The molecule has 0 spiro atoms. The van der Waals surface area contributed by atoms with Crippen LogP contribution in [-0.4, -0.2) is 58.6 Å². The minimum atomic E-state index is -4.45. The molecule has 0 aliphatic carbocycles. The lowest BCUT2D eigenvalue weighted by molar-refractivity contribution is -0.137. The van der Waals surface area contributed by atoms with Crippen LogP contribution in [0.3, 0.4) is 0 Å². The summed E-state index contributed by atoms with van der Waals surface area (Å²) in [4.78, 5) is 16.9. The molecule has 3 aromatic rings. The highest BCUT2D eigenvalue weighted by atomic mass is 32.2. The molecule has 208 valence electrons. The van der Waals surface area contributed by atoms with E-state index in [2.05, 4.69) is 4.72 Å². The smallest absolute Gasteiger partial charge is 0.416 e. The average molecular weight is 562 g/mol. The third kappa shape index (κ3) is 6.90. The normalized spacial score (nSPS) is 15.2. The van der Waals surface area contributed by atoms with Crippen LogP contribution in [0.25, 0.3) is 0 Å². The van der Waals surface area contributed by atoms with Gasteiger partial charge in [-0.2, -0.15) is 17.9 Å². The Labute approximate surface area is 226 Å². The Bertz CT molecular complexity index is 1410. The van der Waals surface area contributed by atoms with Crippen LogP contribution >= 0.6 is 0 Å². The number of amides is 1. The predicted octanol–water partition coefficient (Wildman–Crippen LogP) is 4.26. The van der Waals surface area contributed by atoms with Crippen molar-refractivity contribution in [2.75, 3.05) is 38.2 Å². The van der Waals surface area contributed by atoms with Crippen molar-refractivity contribution in [3.05, 3.63) is 89.5 Å². The largest absolute Gasteiger partial charge is 0.495 e. The third-order valence-corrected chi connectivity index (χ3v) is 8.11. The van der Waals surface area contributed by atoms with E-state index < -0.39 is 33.7 Å². The molecule has 1 fully saturated rings. The quantitative estimate of drug-likeness (QED) is 0.445. The molecule has 0 saturated carbocycles. The lowest BCUT2D eigenvalue weighted by Gasteiger charge is -2.38. The fourth-order valence-corrected chi connectivity index (χ4v) is 6.00. The van der Waals surface area contributed by atoms with Gasteiger partial charge in [-0.05, 0) is 54.8 Å². The van der Waals surface area contributed by atoms with Gasteiger partial charge in [-0.25, -0.2) is 8.42 Å². The number of benzene rings is 3. The molecule has 1 N–H and O–H groups in total. The second-order valence-corrected chi connectivity index (χ2v) is 11.1. The molecule has 7 nitrogen and oxygen atoms in total. The molecular weight excluding hydrogens is 531 g/mol. The van der Waals surface area contributed by atoms with Crippen LogP contribution in [0.4, 0.5) is 18.9 Å². The molecule has 3 aromatic carbocycles. The SMILES string of the molecule is COc1ccc(C)cc1S(=O)(=O)N[C@H](Cc1ccccc1)C(=O)N1CCN(c2cccc(C(F)(F)F)c2)CC1. The fraction of sp³-hybridized carbons (Fsp3) is 0.321. The van der Waals surface area contributed by atoms with Gasteiger partial charge in [0.1, 0.15) is 16.7 Å². The van der Waals surface area contributed by atoms with E-state index in [0.717, 1.165) is 17.7 Å². The number of aryl methyl sites for hydroxylation is 1. The van der Waals surface area contributed by atoms with Gasteiger partial charge in [-0.15, -0.1) is 0 Å². The van der Waals surface area contributed by atoms with Crippen molar-refractivity contribution in [3.63, 3.8) is 0 Å². The zero-order valence-electron chi connectivity index (χ0n) is 21.6. The number of carbonyl (C=O) groups excluding carboxylic acids is 1. The van der Waals surface area contributed by atoms with Gasteiger partial charge in [0, 0.05) is 31.9 Å². The molecule has 0 bridgehead atoms. The Morgan fingerprint density at radius 3 is 2.31 bits per heavy atom. The van der Waals surface area contributed by atoms with Gasteiger partial charge in [0.15, 0.2) is 0 Å². The van der Waals surface area contributed by atoms with E-state index in [-0.39, 0.29) is 30.2 Å². The minimum absolute atomic E-state index is 0.0646. The maximum absolute atomic E-state index is 13.7. The van der Waals surface area contributed by atoms with Crippen molar-refractivity contribution < 1.29 is 31.1 Å². The first-order valence-corrected chi connectivity index (χ1v) is 13.9. The van der Waals surface area contributed by atoms with Crippen LogP contribution in [0.1, 0.15) is 16.7 Å². The summed E-state index contributed by atoms with van der Waals surface area (Å²) in [6.45, 7) is 2.84. The monoisotopic (exact) mass is 561 g/mol. The second-order valence-electron chi connectivity index (χ2n) is 9.38. The van der Waals surface area contributed by atoms with Crippen LogP contribution in [0, 0.1) is 6.92 Å². The summed E-state index contributed by atoms with van der Waals surface area (Å²) in [5.74, 6) is -0.244.